The van der Waals surface area contributed by atoms with Gasteiger partial charge in [-0.1, -0.05) is 0 Å². The number of hydrogen-bond donors (Lipinski definition) is 3. The van der Waals surface area contributed by atoms with Gasteiger partial charge in [-0.25, -0.2) is 9.59 Å². The number of benzene rings is 1. The van der Waals surface area contributed by atoms with Gasteiger partial charge in [0, 0.05) is 12.6 Å². The molecule has 0 bridgehead atoms. The number of nitrogens with zero attached hydrogens (tertiary/aromatic N) is 1. The van der Waals surface area contributed by atoms with Crippen molar-refractivity contribution < 1.29 is 14.7 Å². The molecular weight excluding hydrogens is 246 g/mol. The molecule has 6 nitrogen and oxygen atoms in total. The zero-order valence-electron chi connectivity index (χ0n) is 11.3. The Morgan fingerprint density at radius 3 is 2.47 bits per heavy atom. The number of carbonyl (C=O) groups is 2. The minimum atomic E-state index is -1.05. The lowest BCUT2D eigenvalue weighted by atomic mass is 10.1. The molecule has 1 aromatic carbocycles. The Kier molecular flexibility index (Phi) is 4.74. The van der Waals surface area contributed by atoms with Crippen molar-refractivity contribution in [1.82, 2.24) is 5.32 Å². The fourth-order valence-corrected chi connectivity index (χ4v) is 1.68. The van der Waals surface area contributed by atoms with Crippen LogP contribution in [0, 0.1) is 0 Å². The molecule has 0 aliphatic rings. The summed E-state index contributed by atoms with van der Waals surface area (Å²) in [7, 11) is 0. The molecule has 0 radical (unpaired) electrons. The first kappa shape index (κ1) is 14.8. The van der Waals surface area contributed by atoms with Gasteiger partial charge >= 0.3 is 12.0 Å². The SMILES string of the molecule is CCN(C(=O)NC(C)C)c1ccc(C(=O)O)cc1N. The molecule has 1 rings (SSSR count). The lowest BCUT2D eigenvalue weighted by Crippen LogP contribution is -2.43. The first-order valence-corrected chi connectivity index (χ1v) is 6.07. The Bertz CT molecular complexity index is 486. The zero-order valence-corrected chi connectivity index (χ0v) is 11.3. The summed E-state index contributed by atoms with van der Waals surface area (Å²) in [5.74, 6) is -1.05. The van der Waals surface area contributed by atoms with Crippen molar-refractivity contribution in [1.29, 1.82) is 0 Å². The topological polar surface area (TPSA) is 95.7 Å². The second kappa shape index (κ2) is 6.08. The predicted molar refractivity (Wildman–Crippen MR) is 74.5 cm³/mol. The molecule has 0 aromatic heterocycles. The Labute approximate surface area is 112 Å². The number of amides is 2. The van der Waals surface area contributed by atoms with E-state index in [9.17, 15) is 9.59 Å². The predicted octanol–water partition coefficient (Wildman–Crippen LogP) is 1.91. The van der Waals surface area contributed by atoms with Crippen LogP contribution >= 0.6 is 0 Å². The summed E-state index contributed by atoms with van der Waals surface area (Å²) in [5.41, 5.74) is 6.69. The van der Waals surface area contributed by atoms with Crippen molar-refractivity contribution in [2.75, 3.05) is 17.2 Å². The van der Waals surface area contributed by atoms with E-state index in [-0.39, 0.29) is 23.3 Å². The van der Waals surface area contributed by atoms with Crippen LogP contribution in [-0.4, -0.2) is 29.7 Å². The van der Waals surface area contributed by atoms with E-state index in [1.807, 2.05) is 20.8 Å². The fourth-order valence-electron chi connectivity index (χ4n) is 1.68. The average molecular weight is 265 g/mol. The van der Waals surface area contributed by atoms with Gasteiger partial charge in [0.2, 0.25) is 0 Å². The van der Waals surface area contributed by atoms with Gasteiger partial charge in [0.25, 0.3) is 0 Å². The van der Waals surface area contributed by atoms with Crippen molar-refractivity contribution in [3.63, 3.8) is 0 Å². The van der Waals surface area contributed by atoms with Gasteiger partial charge in [0.1, 0.15) is 0 Å². The van der Waals surface area contributed by atoms with Crippen molar-refractivity contribution in [2.24, 2.45) is 0 Å². The summed E-state index contributed by atoms with van der Waals surface area (Å²) in [5, 5.41) is 11.6. The van der Waals surface area contributed by atoms with Crippen LogP contribution in [0.5, 0.6) is 0 Å². The normalized spacial score (nSPS) is 10.3. The molecule has 0 heterocycles. The molecule has 0 aliphatic carbocycles. The van der Waals surface area contributed by atoms with E-state index in [0.29, 0.717) is 12.2 Å². The Morgan fingerprint density at radius 2 is 2.05 bits per heavy atom. The first-order valence-electron chi connectivity index (χ1n) is 6.07. The summed E-state index contributed by atoms with van der Waals surface area (Å²) < 4.78 is 0. The molecular formula is C13H19N3O3. The first-order chi connectivity index (χ1) is 8.86. The zero-order chi connectivity index (χ0) is 14.6. The lowest BCUT2D eigenvalue weighted by molar-refractivity contribution is 0.0697. The van der Waals surface area contributed by atoms with E-state index < -0.39 is 5.97 Å². The smallest absolute Gasteiger partial charge is 0.335 e. The molecule has 0 fully saturated rings. The molecule has 6 heteroatoms. The number of hydrogen-bond acceptors (Lipinski definition) is 3. The maximum atomic E-state index is 12.0. The average Bonchev–Trinajstić information content (AvgIpc) is 2.30. The van der Waals surface area contributed by atoms with Gasteiger partial charge in [0.15, 0.2) is 0 Å². The highest BCUT2D eigenvalue weighted by atomic mass is 16.4. The Hall–Kier alpha value is -2.24. The standard InChI is InChI=1S/C13H19N3O3/c1-4-16(13(19)15-8(2)3)11-6-5-9(12(17)18)7-10(11)14/h5-8H,4,14H2,1-3H3,(H,15,19)(H,17,18). The van der Waals surface area contributed by atoms with E-state index in [2.05, 4.69) is 5.32 Å². The number of nitrogens with two attached hydrogens (primary N) is 1. The van der Waals surface area contributed by atoms with Crippen molar-refractivity contribution in [3.05, 3.63) is 23.8 Å². The van der Waals surface area contributed by atoms with Crippen LogP contribution in [0.3, 0.4) is 0 Å². The van der Waals surface area contributed by atoms with E-state index in [0.717, 1.165) is 0 Å². The van der Waals surface area contributed by atoms with Gasteiger partial charge in [-0.05, 0) is 39.0 Å². The summed E-state index contributed by atoms with van der Waals surface area (Å²) in [6.07, 6.45) is 0. The monoisotopic (exact) mass is 265 g/mol. The molecule has 0 spiro atoms. The number of nitrogens with one attached hydrogen (secondary N) is 1. The molecule has 2 amide bonds. The second-order valence-corrected chi connectivity index (χ2v) is 4.43. The van der Waals surface area contributed by atoms with Crippen LogP contribution in [0.25, 0.3) is 0 Å². The minimum absolute atomic E-state index is 0.0149. The van der Waals surface area contributed by atoms with E-state index in [1.54, 1.807) is 6.07 Å². The van der Waals surface area contributed by atoms with Crippen molar-refractivity contribution in [2.45, 2.75) is 26.8 Å². The number of nitrogen functional groups attached to an aromatic ring is 1. The van der Waals surface area contributed by atoms with E-state index in [4.69, 9.17) is 10.8 Å². The molecule has 0 aliphatic heterocycles. The number of aromatic carboxylic acids is 1. The highest BCUT2D eigenvalue weighted by molar-refractivity contribution is 5.97. The number of carboxylic acid groups (broad SMARTS) is 1. The third-order valence-corrected chi connectivity index (χ3v) is 2.54. The third kappa shape index (κ3) is 3.61. The van der Waals surface area contributed by atoms with Gasteiger partial charge in [0.05, 0.1) is 16.9 Å². The van der Waals surface area contributed by atoms with Crippen LogP contribution in [0.4, 0.5) is 16.2 Å². The second-order valence-electron chi connectivity index (χ2n) is 4.43. The summed E-state index contributed by atoms with van der Waals surface area (Å²) in [6.45, 7) is 5.99. The highest BCUT2D eigenvalue weighted by Crippen LogP contribution is 2.24. The van der Waals surface area contributed by atoms with Crippen LogP contribution < -0.4 is 16.0 Å². The molecule has 104 valence electrons. The Balaban J connectivity index is 3.05. The molecule has 0 atom stereocenters. The quantitative estimate of drug-likeness (QED) is 0.724. The number of urea groups is 1. The Morgan fingerprint density at radius 1 is 1.42 bits per heavy atom. The molecule has 19 heavy (non-hydrogen) atoms. The van der Waals surface area contributed by atoms with E-state index >= 15 is 0 Å². The van der Waals surface area contributed by atoms with Crippen LogP contribution in [0.2, 0.25) is 0 Å². The van der Waals surface area contributed by atoms with Crippen LogP contribution in [0.1, 0.15) is 31.1 Å². The van der Waals surface area contributed by atoms with Gasteiger partial charge in [-0.15, -0.1) is 0 Å². The third-order valence-electron chi connectivity index (χ3n) is 2.54. The highest BCUT2D eigenvalue weighted by Gasteiger charge is 2.17. The summed E-state index contributed by atoms with van der Waals surface area (Å²) in [4.78, 5) is 24.3. The molecule has 1 aromatic rings. The largest absolute Gasteiger partial charge is 0.478 e. The summed E-state index contributed by atoms with van der Waals surface area (Å²) in [6, 6.07) is 4.08. The van der Waals surface area contributed by atoms with Crippen LogP contribution in [0.15, 0.2) is 18.2 Å². The molecule has 0 saturated carbocycles. The van der Waals surface area contributed by atoms with E-state index in [1.165, 1.54) is 17.0 Å². The lowest BCUT2D eigenvalue weighted by Gasteiger charge is -2.24. The minimum Gasteiger partial charge on any atom is -0.478 e. The molecule has 0 saturated heterocycles. The maximum absolute atomic E-state index is 12.0. The van der Waals surface area contributed by atoms with Gasteiger partial charge < -0.3 is 16.2 Å². The molecule has 0 unspecified atom stereocenters. The molecule has 4 N–H and O–H groups in total. The number of carboxylic acids is 1. The number of anilines is 2. The van der Waals surface area contributed by atoms with Gasteiger partial charge in [-0.3, -0.25) is 4.90 Å². The summed E-state index contributed by atoms with van der Waals surface area (Å²) >= 11 is 0. The van der Waals surface area contributed by atoms with Gasteiger partial charge in [-0.2, -0.15) is 0 Å². The number of carbonyl (C=O) groups excluding carboxylic acids is 1. The van der Waals surface area contributed by atoms with Crippen molar-refractivity contribution in [3.8, 4) is 0 Å². The maximum Gasteiger partial charge on any atom is 0.335 e. The fraction of sp³-hybridized carbons (Fsp3) is 0.385. The number of rotatable bonds is 4. The van der Waals surface area contributed by atoms with Crippen molar-refractivity contribution >= 4 is 23.4 Å². The van der Waals surface area contributed by atoms with Crippen LogP contribution in [-0.2, 0) is 0 Å².